The highest BCUT2D eigenvalue weighted by atomic mass is 16.4. The summed E-state index contributed by atoms with van der Waals surface area (Å²) < 4.78 is 1.75. The van der Waals surface area contributed by atoms with Gasteiger partial charge < -0.3 is 15.7 Å². The standard InChI is InChI=1S/C18H17N5O3/c24-17(25)11-20-18(26)13-6-8-14(9-7-13)19-10-16-21-12-22-23(16)15-4-2-1-3-5-15/h1-9,12,19H,10-11H2,(H,20,26)(H,24,25). The van der Waals surface area contributed by atoms with Crippen molar-refractivity contribution >= 4 is 17.6 Å². The van der Waals surface area contributed by atoms with Gasteiger partial charge in [0.1, 0.15) is 12.9 Å². The van der Waals surface area contributed by atoms with Crippen LogP contribution in [-0.4, -0.2) is 38.3 Å². The molecule has 0 bridgehead atoms. The lowest BCUT2D eigenvalue weighted by atomic mass is 10.2. The molecule has 2 aromatic carbocycles. The van der Waals surface area contributed by atoms with Crippen molar-refractivity contribution in [2.45, 2.75) is 6.54 Å². The maximum Gasteiger partial charge on any atom is 0.322 e. The fourth-order valence-electron chi connectivity index (χ4n) is 2.35. The van der Waals surface area contributed by atoms with Gasteiger partial charge in [-0.3, -0.25) is 9.59 Å². The predicted octanol–water partition coefficient (Wildman–Crippen LogP) is 1.69. The Morgan fingerprint density at radius 1 is 1.04 bits per heavy atom. The lowest BCUT2D eigenvalue weighted by molar-refractivity contribution is -0.135. The molecule has 0 aliphatic carbocycles. The number of carbonyl (C=O) groups is 2. The molecule has 0 aliphatic rings. The number of carboxylic acid groups (broad SMARTS) is 1. The number of para-hydroxylation sites is 1. The average molecular weight is 351 g/mol. The molecule has 3 rings (SSSR count). The molecule has 8 nitrogen and oxygen atoms in total. The number of carboxylic acids is 1. The fraction of sp³-hybridized carbons (Fsp3) is 0.111. The van der Waals surface area contributed by atoms with Gasteiger partial charge in [0.2, 0.25) is 0 Å². The van der Waals surface area contributed by atoms with Crippen molar-refractivity contribution in [1.82, 2.24) is 20.1 Å². The molecule has 0 saturated carbocycles. The molecule has 0 saturated heterocycles. The molecule has 1 heterocycles. The van der Waals surface area contributed by atoms with Crippen molar-refractivity contribution in [2.24, 2.45) is 0 Å². The SMILES string of the molecule is O=C(O)CNC(=O)c1ccc(NCc2ncnn2-c2ccccc2)cc1. The lowest BCUT2D eigenvalue weighted by Crippen LogP contribution is -2.29. The zero-order valence-corrected chi connectivity index (χ0v) is 13.8. The summed E-state index contributed by atoms with van der Waals surface area (Å²) in [6.07, 6.45) is 1.50. The molecule has 3 N–H and O–H groups in total. The number of nitrogens with one attached hydrogen (secondary N) is 2. The van der Waals surface area contributed by atoms with E-state index >= 15 is 0 Å². The summed E-state index contributed by atoms with van der Waals surface area (Å²) in [6.45, 7) is 0.0490. The third-order valence-electron chi connectivity index (χ3n) is 3.62. The molecule has 1 amide bonds. The quantitative estimate of drug-likeness (QED) is 0.598. The predicted molar refractivity (Wildman–Crippen MR) is 95.1 cm³/mol. The first-order chi connectivity index (χ1) is 12.6. The van der Waals surface area contributed by atoms with E-state index in [1.54, 1.807) is 28.9 Å². The highest BCUT2D eigenvalue weighted by Gasteiger charge is 2.08. The van der Waals surface area contributed by atoms with E-state index in [-0.39, 0.29) is 0 Å². The largest absolute Gasteiger partial charge is 0.480 e. The number of carbonyl (C=O) groups excluding carboxylic acids is 1. The van der Waals surface area contributed by atoms with Gasteiger partial charge in [0.15, 0.2) is 5.82 Å². The van der Waals surface area contributed by atoms with Crippen LogP contribution in [0.1, 0.15) is 16.2 Å². The highest BCUT2D eigenvalue weighted by molar-refractivity contribution is 5.96. The van der Waals surface area contributed by atoms with Crippen LogP contribution in [0, 0.1) is 0 Å². The Bertz CT molecular complexity index is 891. The molecule has 3 aromatic rings. The normalized spacial score (nSPS) is 10.3. The van der Waals surface area contributed by atoms with Crippen LogP contribution in [0.5, 0.6) is 0 Å². The van der Waals surface area contributed by atoms with Crippen LogP contribution in [0.15, 0.2) is 60.9 Å². The Balaban J connectivity index is 1.62. The molecule has 132 valence electrons. The van der Waals surface area contributed by atoms with Gasteiger partial charge in [-0.2, -0.15) is 5.10 Å². The fourth-order valence-corrected chi connectivity index (χ4v) is 2.35. The summed E-state index contributed by atoms with van der Waals surface area (Å²) in [7, 11) is 0. The molecule has 0 spiro atoms. The summed E-state index contributed by atoms with van der Waals surface area (Å²) in [5.74, 6) is -0.763. The van der Waals surface area contributed by atoms with E-state index < -0.39 is 18.4 Å². The van der Waals surface area contributed by atoms with Gasteiger partial charge in [-0.15, -0.1) is 0 Å². The number of anilines is 1. The Kier molecular flexibility index (Phi) is 5.23. The van der Waals surface area contributed by atoms with Gasteiger partial charge in [-0.05, 0) is 36.4 Å². The number of amides is 1. The zero-order valence-electron chi connectivity index (χ0n) is 13.8. The number of rotatable bonds is 7. The van der Waals surface area contributed by atoms with Crippen LogP contribution < -0.4 is 10.6 Å². The van der Waals surface area contributed by atoms with Crippen molar-refractivity contribution in [3.05, 3.63) is 72.3 Å². The first kappa shape index (κ1) is 17.2. The number of aromatic nitrogens is 3. The molecule has 8 heteroatoms. The molecular weight excluding hydrogens is 334 g/mol. The summed E-state index contributed by atoms with van der Waals surface area (Å²) in [5.41, 5.74) is 2.12. The van der Waals surface area contributed by atoms with Crippen molar-refractivity contribution < 1.29 is 14.7 Å². The topological polar surface area (TPSA) is 109 Å². The minimum atomic E-state index is -1.08. The molecule has 26 heavy (non-hydrogen) atoms. The maximum atomic E-state index is 11.8. The molecule has 1 aromatic heterocycles. The van der Waals surface area contributed by atoms with Gasteiger partial charge in [-0.25, -0.2) is 9.67 Å². The second-order valence-electron chi connectivity index (χ2n) is 5.43. The monoisotopic (exact) mass is 351 g/mol. The minimum Gasteiger partial charge on any atom is -0.480 e. The van der Waals surface area contributed by atoms with Crippen molar-refractivity contribution in [3.63, 3.8) is 0 Å². The van der Waals surface area contributed by atoms with Gasteiger partial charge in [0.05, 0.1) is 12.2 Å². The molecule has 0 atom stereocenters. The van der Waals surface area contributed by atoms with Gasteiger partial charge >= 0.3 is 5.97 Å². The highest BCUT2D eigenvalue weighted by Crippen LogP contribution is 2.12. The maximum absolute atomic E-state index is 11.8. The van der Waals surface area contributed by atoms with Crippen molar-refractivity contribution in [3.8, 4) is 5.69 Å². The lowest BCUT2D eigenvalue weighted by Gasteiger charge is -2.09. The first-order valence-electron chi connectivity index (χ1n) is 7.92. The first-order valence-corrected chi connectivity index (χ1v) is 7.92. The van der Waals surface area contributed by atoms with Crippen molar-refractivity contribution in [1.29, 1.82) is 0 Å². The number of benzene rings is 2. The Labute approximate surface area is 149 Å². The van der Waals surface area contributed by atoms with E-state index in [0.717, 1.165) is 17.2 Å². The molecule has 0 aliphatic heterocycles. The second kappa shape index (κ2) is 7.93. The zero-order chi connectivity index (χ0) is 18.4. The molecule has 0 unspecified atom stereocenters. The number of hydrogen-bond acceptors (Lipinski definition) is 5. The summed E-state index contributed by atoms with van der Waals surface area (Å²) in [4.78, 5) is 26.5. The number of nitrogens with zero attached hydrogens (tertiary/aromatic N) is 3. The molecule has 0 radical (unpaired) electrons. The number of aliphatic carboxylic acids is 1. The Morgan fingerprint density at radius 3 is 2.46 bits per heavy atom. The average Bonchev–Trinajstić information content (AvgIpc) is 3.14. The smallest absolute Gasteiger partial charge is 0.322 e. The van der Waals surface area contributed by atoms with Crippen LogP contribution in [0.3, 0.4) is 0 Å². The third-order valence-corrected chi connectivity index (χ3v) is 3.62. The van der Waals surface area contributed by atoms with E-state index in [1.807, 2.05) is 30.3 Å². The van der Waals surface area contributed by atoms with Crippen LogP contribution in [0.25, 0.3) is 5.69 Å². The molecular formula is C18H17N5O3. The summed E-state index contributed by atoms with van der Waals surface area (Å²) in [5, 5.41) is 18.4. The van der Waals surface area contributed by atoms with E-state index in [1.165, 1.54) is 6.33 Å². The van der Waals surface area contributed by atoms with Gasteiger partial charge in [0.25, 0.3) is 5.91 Å². The van der Waals surface area contributed by atoms with E-state index in [4.69, 9.17) is 5.11 Å². The third kappa shape index (κ3) is 4.23. The molecule has 0 fully saturated rings. The van der Waals surface area contributed by atoms with Gasteiger partial charge in [-0.1, -0.05) is 18.2 Å². The van der Waals surface area contributed by atoms with E-state index in [9.17, 15) is 9.59 Å². The van der Waals surface area contributed by atoms with Crippen molar-refractivity contribution in [2.75, 3.05) is 11.9 Å². The van der Waals surface area contributed by atoms with Crippen LogP contribution >= 0.6 is 0 Å². The minimum absolute atomic E-state index is 0.393. The van der Waals surface area contributed by atoms with Crippen LogP contribution in [0.4, 0.5) is 5.69 Å². The Hall–Kier alpha value is -3.68. The number of hydrogen-bond donors (Lipinski definition) is 3. The van der Waals surface area contributed by atoms with Gasteiger partial charge in [0, 0.05) is 11.3 Å². The second-order valence-corrected chi connectivity index (χ2v) is 5.43. The summed E-state index contributed by atoms with van der Waals surface area (Å²) in [6, 6.07) is 16.4. The summed E-state index contributed by atoms with van der Waals surface area (Å²) >= 11 is 0. The Morgan fingerprint density at radius 2 is 1.77 bits per heavy atom. The van der Waals surface area contributed by atoms with E-state index in [2.05, 4.69) is 20.7 Å². The van der Waals surface area contributed by atoms with Crippen LogP contribution in [0.2, 0.25) is 0 Å². The van der Waals surface area contributed by atoms with Crippen LogP contribution in [-0.2, 0) is 11.3 Å². The van der Waals surface area contributed by atoms with E-state index in [0.29, 0.717) is 12.1 Å².